The second-order valence-corrected chi connectivity index (χ2v) is 11.0. The largest absolute Gasteiger partial charge is 1.00 e. The number of rotatable bonds is 12. The van der Waals surface area contributed by atoms with E-state index in [0.717, 1.165) is 19.3 Å². The molecule has 1 heterocycles. The van der Waals surface area contributed by atoms with Gasteiger partial charge in [-0.25, -0.2) is 0 Å². The molecule has 0 aliphatic heterocycles. The molecule has 0 unspecified atom stereocenters. The second kappa shape index (κ2) is 14.6. The Morgan fingerprint density at radius 3 is 2.36 bits per heavy atom. The maximum atomic E-state index is 14.3. The molecule has 0 spiro atoms. The third kappa shape index (κ3) is 6.36. The predicted octanol–water partition coefficient (Wildman–Crippen LogP) is 3.52. The van der Waals surface area contributed by atoms with Gasteiger partial charge in [0.2, 0.25) is 0 Å². The number of nitrogens with one attached hydrogen (secondary N) is 2. The van der Waals surface area contributed by atoms with Crippen LogP contribution in [-0.4, -0.2) is 23.2 Å². The van der Waals surface area contributed by atoms with Crippen LogP contribution in [0.5, 0.6) is 5.75 Å². The summed E-state index contributed by atoms with van der Waals surface area (Å²) in [5, 5.41) is 17.8. The number of para-hydroxylation sites is 1. The summed E-state index contributed by atoms with van der Waals surface area (Å²) < 4.78 is 10.8. The SMILES string of the molecule is CCCCCOc1cc(Nc2ccccc2SOO[O-])c2c3c(c(C(=O)c4ccccc4)c(=O)[nH]c13)-c1ccccc1C2=O.[Na+]. The molecule has 45 heavy (non-hydrogen) atoms. The van der Waals surface area contributed by atoms with E-state index in [1.165, 1.54) is 0 Å². The quantitative estimate of drug-likeness (QED) is 0.0521. The Hall–Kier alpha value is -3.74. The zero-order valence-corrected chi connectivity index (χ0v) is 27.5. The summed E-state index contributed by atoms with van der Waals surface area (Å²) >= 11 is 0.714. The van der Waals surface area contributed by atoms with E-state index in [1.807, 2.05) is 0 Å². The Morgan fingerprint density at radius 1 is 0.889 bits per heavy atom. The maximum Gasteiger partial charge on any atom is 1.00 e. The molecule has 0 radical (unpaired) electrons. The van der Waals surface area contributed by atoms with Gasteiger partial charge in [0.15, 0.2) is 11.6 Å². The number of carbonyl (C=O) groups is 2. The first-order valence-electron chi connectivity index (χ1n) is 14.2. The normalized spacial score (nSPS) is 11.6. The van der Waals surface area contributed by atoms with Gasteiger partial charge in [-0.15, -0.1) is 0 Å². The molecular formula is C34H27N2NaO7S. The minimum Gasteiger partial charge on any atom is -0.691 e. The van der Waals surface area contributed by atoms with Gasteiger partial charge in [0.25, 0.3) is 5.56 Å². The van der Waals surface area contributed by atoms with Gasteiger partial charge in [-0.2, -0.15) is 4.33 Å². The van der Waals surface area contributed by atoms with Gasteiger partial charge in [0.1, 0.15) is 5.75 Å². The first-order valence-corrected chi connectivity index (χ1v) is 14.9. The fourth-order valence-corrected chi connectivity index (χ4v) is 5.97. The fraction of sp³-hybridized carbons (Fsp3) is 0.147. The summed E-state index contributed by atoms with van der Waals surface area (Å²) in [6, 6.07) is 24.2. The monoisotopic (exact) mass is 630 g/mol. The van der Waals surface area contributed by atoms with Gasteiger partial charge in [0.05, 0.1) is 51.6 Å². The number of aromatic amines is 1. The number of hydrogen-bond acceptors (Lipinski definition) is 9. The number of pyridine rings is 1. The van der Waals surface area contributed by atoms with Crippen molar-refractivity contribution in [3.8, 4) is 16.9 Å². The van der Waals surface area contributed by atoms with Crippen LogP contribution in [0.25, 0.3) is 22.0 Å². The molecule has 9 nitrogen and oxygen atoms in total. The summed E-state index contributed by atoms with van der Waals surface area (Å²) in [5.41, 5.74) is 2.46. The minimum absolute atomic E-state index is 0. The number of fused-ring (bicyclic) bond motifs is 2. The number of aromatic nitrogens is 1. The molecule has 1 aromatic heterocycles. The molecule has 1 aliphatic carbocycles. The van der Waals surface area contributed by atoms with Crippen molar-refractivity contribution >= 4 is 45.9 Å². The third-order valence-electron chi connectivity index (χ3n) is 7.50. The summed E-state index contributed by atoms with van der Waals surface area (Å²) in [6.07, 6.45) is 2.74. The molecule has 0 amide bonds. The van der Waals surface area contributed by atoms with Gasteiger partial charge in [-0.3, -0.25) is 19.4 Å². The van der Waals surface area contributed by atoms with Crippen LogP contribution >= 0.6 is 12.0 Å². The third-order valence-corrected chi connectivity index (χ3v) is 8.16. The number of benzene rings is 4. The minimum atomic E-state index is -0.577. The van der Waals surface area contributed by atoms with E-state index >= 15 is 0 Å². The topological polar surface area (TPSA) is 130 Å². The van der Waals surface area contributed by atoms with Crippen LogP contribution in [0.15, 0.2) is 94.6 Å². The summed E-state index contributed by atoms with van der Waals surface area (Å²) in [7, 11) is 0. The van der Waals surface area contributed by atoms with E-state index < -0.39 is 11.3 Å². The molecule has 0 bridgehead atoms. The fourth-order valence-electron chi connectivity index (χ4n) is 5.52. The van der Waals surface area contributed by atoms with E-state index in [1.54, 1.807) is 84.9 Å². The first kappa shape index (κ1) is 32.6. The molecule has 1 aliphatic rings. The van der Waals surface area contributed by atoms with Gasteiger partial charge in [0, 0.05) is 28.1 Å². The van der Waals surface area contributed by atoms with Gasteiger partial charge in [-0.05, 0) is 24.1 Å². The van der Waals surface area contributed by atoms with Gasteiger partial charge < -0.3 is 20.3 Å². The molecule has 11 heteroatoms. The Balaban J connectivity index is 0.00000400. The standard InChI is InChI=1S/C34H28N2O7S.Na/c1-2-3-11-18-41-25-19-24(35-23-16-9-10-17-26(23)44-43-42-40)28-29-27(21-14-7-8-15-22(21)33(28)38)30(34(39)36-31(25)29)32(37)20-12-5-4-6-13-20;/h4-10,12-17,19,35,40H,2-3,11,18H2,1H3,(H,36,39);/q;+1/p-1. The van der Waals surface area contributed by atoms with Crippen molar-refractivity contribution in [3.63, 3.8) is 0 Å². The van der Waals surface area contributed by atoms with Crippen LogP contribution in [0.4, 0.5) is 11.4 Å². The molecule has 0 fully saturated rings. The Labute approximate surface area is 285 Å². The van der Waals surface area contributed by atoms with Crippen LogP contribution in [0.2, 0.25) is 0 Å². The summed E-state index contributed by atoms with van der Waals surface area (Å²) in [6.45, 7) is 2.48. The Bertz CT molecular complexity index is 1950. The average Bonchev–Trinajstić information content (AvgIpc) is 3.05. The van der Waals surface area contributed by atoms with Crippen molar-refractivity contribution in [2.24, 2.45) is 0 Å². The molecule has 0 atom stereocenters. The molecule has 5 aromatic rings. The van der Waals surface area contributed by atoms with Crippen molar-refractivity contribution in [1.29, 1.82) is 0 Å². The molecule has 4 aromatic carbocycles. The van der Waals surface area contributed by atoms with Gasteiger partial charge in [-0.1, -0.05) is 86.5 Å². The van der Waals surface area contributed by atoms with E-state index in [-0.39, 0.29) is 46.5 Å². The number of unbranched alkanes of at least 4 members (excludes halogenated alkanes) is 2. The summed E-state index contributed by atoms with van der Waals surface area (Å²) in [4.78, 5) is 45.5. The van der Waals surface area contributed by atoms with Crippen LogP contribution < -0.4 is 50.4 Å². The molecular weight excluding hydrogens is 603 g/mol. The number of H-pyrrole nitrogens is 1. The first-order chi connectivity index (χ1) is 21.5. The van der Waals surface area contributed by atoms with E-state index in [0.29, 0.717) is 73.8 Å². The van der Waals surface area contributed by atoms with Crippen LogP contribution in [0, 0.1) is 0 Å². The average molecular weight is 631 g/mol. The Morgan fingerprint density at radius 2 is 1.60 bits per heavy atom. The number of ether oxygens (including phenoxy) is 1. The van der Waals surface area contributed by atoms with Crippen LogP contribution in [0.3, 0.4) is 0 Å². The zero-order valence-electron chi connectivity index (χ0n) is 24.7. The van der Waals surface area contributed by atoms with Crippen molar-refractivity contribution in [2.45, 2.75) is 31.1 Å². The van der Waals surface area contributed by atoms with Crippen molar-refractivity contribution < 1.29 is 58.5 Å². The van der Waals surface area contributed by atoms with Crippen molar-refractivity contribution in [3.05, 3.63) is 118 Å². The van der Waals surface area contributed by atoms with E-state index in [4.69, 9.17) is 4.74 Å². The molecule has 222 valence electrons. The molecule has 0 saturated carbocycles. The van der Waals surface area contributed by atoms with E-state index in [9.17, 15) is 19.6 Å². The van der Waals surface area contributed by atoms with Gasteiger partial charge >= 0.3 is 29.6 Å². The molecule has 6 rings (SSSR count). The molecule has 2 N–H and O–H groups in total. The summed E-state index contributed by atoms with van der Waals surface area (Å²) in [5.74, 6) is -0.387. The van der Waals surface area contributed by atoms with E-state index in [2.05, 4.69) is 26.6 Å². The second-order valence-electron chi connectivity index (χ2n) is 10.2. The number of ketones is 2. The smallest absolute Gasteiger partial charge is 0.691 e. The maximum absolute atomic E-state index is 14.3. The van der Waals surface area contributed by atoms with Crippen LogP contribution in [0.1, 0.15) is 58.0 Å². The predicted molar refractivity (Wildman–Crippen MR) is 166 cm³/mol. The zero-order chi connectivity index (χ0) is 30.6. The van der Waals surface area contributed by atoms with Crippen LogP contribution in [-0.2, 0) is 9.37 Å². The number of anilines is 2. The number of hydrogen-bond donors (Lipinski definition) is 2. The molecule has 0 saturated heterocycles. The van der Waals surface area contributed by atoms with Crippen molar-refractivity contribution in [1.82, 2.24) is 4.98 Å². The number of carbonyl (C=O) groups excluding carboxylic acids is 2. The Kier molecular flexibility index (Phi) is 10.6. The van der Waals surface area contributed by atoms with Crippen molar-refractivity contribution in [2.75, 3.05) is 11.9 Å².